The summed E-state index contributed by atoms with van der Waals surface area (Å²) in [4.78, 5) is 11.0. The van der Waals surface area contributed by atoms with Crippen molar-refractivity contribution < 1.29 is 9.53 Å². The monoisotopic (exact) mass is 245 g/mol. The van der Waals surface area contributed by atoms with E-state index in [1.165, 1.54) is 7.11 Å². The summed E-state index contributed by atoms with van der Waals surface area (Å²) < 4.78 is 6.30. The van der Waals surface area contributed by atoms with E-state index in [4.69, 9.17) is 5.73 Å². The van der Waals surface area contributed by atoms with Crippen molar-refractivity contribution in [2.24, 2.45) is 0 Å². The van der Waals surface area contributed by atoms with Gasteiger partial charge in [-0.2, -0.15) is 5.10 Å². The zero-order valence-electron chi connectivity index (χ0n) is 10.2. The highest BCUT2D eigenvalue weighted by Crippen LogP contribution is 2.20. The van der Waals surface area contributed by atoms with Crippen LogP contribution in [0.25, 0.3) is 11.1 Å². The number of ether oxygens (including phenoxy) is 1. The third-order valence-corrected chi connectivity index (χ3v) is 2.63. The van der Waals surface area contributed by atoms with E-state index in [1.54, 1.807) is 10.9 Å². The first-order valence-electron chi connectivity index (χ1n) is 5.64. The fourth-order valence-electron chi connectivity index (χ4n) is 1.66. The maximum Gasteiger partial charge on any atom is 0.307 e. The Bertz CT molecular complexity index is 549. The van der Waals surface area contributed by atoms with Crippen LogP contribution in [0.1, 0.15) is 6.42 Å². The van der Waals surface area contributed by atoms with E-state index in [0.717, 1.165) is 16.8 Å². The van der Waals surface area contributed by atoms with E-state index in [9.17, 15) is 4.79 Å². The third-order valence-electron chi connectivity index (χ3n) is 2.63. The fourth-order valence-corrected chi connectivity index (χ4v) is 1.66. The predicted octanol–water partition coefficient (Wildman–Crippen LogP) is 1.70. The number of aromatic nitrogens is 2. The largest absolute Gasteiger partial charge is 0.469 e. The number of nitrogens with two attached hydrogens (primary N) is 1. The second-order valence-electron chi connectivity index (χ2n) is 3.94. The van der Waals surface area contributed by atoms with E-state index in [2.05, 4.69) is 9.84 Å². The summed E-state index contributed by atoms with van der Waals surface area (Å²) in [6.07, 6.45) is 3.96. The molecule has 0 fully saturated rings. The molecule has 0 unspecified atom stereocenters. The zero-order chi connectivity index (χ0) is 13.0. The molecule has 0 spiro atoms. The Balaban J connectivity index is 2.08. The number of nitrogens with zero attached hydrogens (tertiary/aromatic N) is 2. The molecule has 1 aromatic heterocycles. The fraction of sp³-hybridized carbons (Fsp3) is 0.231. The number of carbonyl (C=O) groups is 1. The maximum atomic E-state index is 11.0. The van der Waals surface area contributed by atoms with Crippen LogP contribution < -0.4 is 5.73 Å². The van der Waals surface area contributed by atoms with E-state index in [0.29, 0.717) is 13.0 Å². The topological polar surface area (TPSA) is 70.1 Å². The molecule has 0 atom stereocenters. The molecule has 2 aromatic rings. The van der Waals surface area contributed by atoms with Gasteiger partial charge in [0.1, 0.15) is 0 Å². The number of hydrogen-bond donors (Lipinski definition) is 1. The van der Waals surface area contributed by atoms with Crippen molar-refractivity contribution in [3.05, 3.63) is 36.7 Å². The van der Waals surface area contributed by atoms with Crippen LogP contribution in [0.3, 0.4) is 0 Å². The smallest absolute Gasteiger partial charge is 0.307 e. The molecule has 18 heavy (non-hydrogen) atoms. The molecule has 0 aliphatic heterocycles. The van der Waals surface area contributed by atoms with E-state index >= 15 is 0 Å². The van der Waals surface area contributed by atoms with Crippen molar-refractivity contribution in [2.75, 3.05) is 12.8 Å². The second kappa shape index (κ2) is 5.35. The van der Waals surface area contributed by atoms with Crippen LogP contribution in [0, 0.1) is 0 Å². The number of anilines is 1. The van der Waals surface area contributed by atoms with Gasteiger partial charge in [0.2, 0.25) is 0 Å². The number of rotatable bonds is 4. The molecule has 1 aromatic carbocycles. The van der Waals surface area contributed by atoms with Gasteiger partial charge in [0.25, 0.3) is 0 Å². The molecule has 1 heterocycles. The SMILES string of the molecule is COC(=O)CCn1cc(-c2cccc(N)c2)cn1. The van der Waals surface area contributed by atoms with Gasteiger partial charge in [-0.05, 0) is 17.7 Å². The molecule has 5 nitrogen and oxygen atoms in total. The van der Waals surface area contributed by atoms with Gasteiger partial charge in [0.15, 0.2) is 0 Å². The average Bonchev–Trinajstić information content (AvgIpc) is 2.84. The van der Waals surface area contributed by atoms with Gasteiger partial charge in [0.05, 0.1) is 26.3 Å². The molecule has 94 valence electrons. The predicted molar refractivity (Wildman–Crippen MR) is 68.7 cm³/mol. The van der Waals surface area contributed by atoms with Crippen molar-refractivity contribution in [3.8, 4) is 11.1 Å². The van der Waals surface area contributed by atoms with E-state index in [-0.39, 0.29) is 5.97 Å². The number of hydrogen-bond acceptors (Lipinski definition) is 4. The summed E-state index contributed by atoms with van der Waals surface area (Å²) in [7, 11) is 1.38. The Kier molecular flexibility index (Phi) is 3.62. The number of benzene rings is 1. The lowest BCUT2D eigenvalue weighted by Crippen LogP contribution is -2.07. The van der Waals surface area contributed by atoms with Gasteiger partial charge in [0, 0.05) is 17.4 Å². The van der Waals surface area contributed by atoms with Crippen molar-refractivity contribution in [1.29, 1.82) is 0 Å². The minimum atomic E-state index is -0.240. The Morgan fingerprint density at radius 1 is 1.44 bits per heavy atom. The van der Waals surface area contributed by atoms with Gasteiger partial charge >= 0.3 is 5.97 Å². The van der Waals surface area contributed by atoms with Crippen LogP contribution >= 0.6 is 0 Å². The molecular formula is C13H15N3O2. The lowest BCUT2D eigenvalue weighted by Gasteiger charge is -2.00. The minimum Gasteiger partial charge on any atom is -0.469 e. The lowest BCUT2D eigenvalue weighted by atomic mass is 10.1. The number of methoxy groups -OCH3 is 1. The first-order valence-corrected chi connectivity index (χ1v) is 5.64. The van der Waals surface area contributed by atoms with Crippen LogP contribution in [-0.2, 0) is 16.1 Å². The van der Waals surface area contributed by atoms with E-state index < -0.39 is 0 Å². The molecule has 0 saturated heterocycles. The van der Waals surface area contributed by atoms with Crippen molar-refractivity contribution >= 4 is 11.7 Å². The molecule has 0 amide bonds. The Hall–Kier alpha value is -2.30. The van der Waals surface area contributed by atoms with Crippen molar-refractivity contribution in [1.82, 2.24) is 9.78 Å². The molecule has 0 radical (unpaired) electrons. The summed E-state index contributed by atoms with van der Waals surface area (Å²) in [6.45, 7) is 0.509. The molecular weight excluding hydrogens is 230 g/mol. The normalized spacial score (nSPS) is 10.3. The highest BCUT2D eigenvalue weighted by atomic mass is 16.5. The molecule has 0 saturated carbocycles. The highest BCUT2D eigenvalue weighted by molar-refractivity contribution is 5.69. The second-order valence-corrected chi connectivity index (χ2v) is 3.94. The van der Waals surface area contributed by atoms with Crippen LogP contribution in [0.4, 0.5) is 5.69 Å². The molecule has 0 bridgehead atoms. The number of esters is 1. The summed E-state index contributed by atoms with van der Waals surface area (Å²) in [5.41, 5.74) is 8.44. The van der Waals surface area contributed by atoms with Crippen LogP contribution in [-0.4, -0.2) is 22.9 Å². The molecule has 2 rings (SSSR count). The third kappa shape index (κ3) is 2.88. The summed E-state index contributed by atoms with van der Waals surface area (Å²) >= 11 is 0. The van der Waals surface area contributed by atoms with Crippen molar-refractivity contribution in [3.63, 3.8) is 0 Å². The summed E-state index contributed by atoms with van der Waals surface area (Å²) in [5, 5.41) is 4.20. The molecule has 0 aliphatic rings. The molecule has 0 aliphatic carbocycles. The Morgan fingerprint density at radius 3 is 3.00 bits per heavy atom. The Morgan fingerprint density at radius 2 is 2.28 bits per heavy atom. The highest BCUT2D eigenvalue weighted by Gasteiger charge is 2.04. The first-order chi connectivity index (χ1) is 8.69. The average molecular weight is 245 g/mol. The molecule has 2 N–H and O–H groups in total. The van der Waals surface area contributed by atoms with Crippen LogP contribution in [0.2, 0.25) is 0 Å². The van der Waals surface area contributed by atoms with Gasteiger partial charge in [-0.15, -0.1) is 0 Å². The Labute approximate surface area is 105 Å². The van der Waals surface area contributed by atoms with Crippen molar-refractivity contribution in [2.45, 2.75) is 13.0 Å². The standard InChI is InChI=1S/C13H15N3O2/c1-18-13(17)5-6-16-9-11(8-15-16)10-3-2-4-12(14)7-10/h2-4,7-9H,5-6,14H2,1H3. The van der Waals surface area contributed by atoms with Gasteiger partial charge in [-0.3, -0.25) is 9.48 Å². The lowest BCUT2D eigenvalue weighted by molar-refractivity contribution is -0.140. The number of nitrogen functional groups attached to an aromatic ring is 1. The molecule has 5 heteroatoms. The number of aryl methyl sites for hydroxylation is 1. The quantitative estimate of drug-likeness (QED) is 0.657. The summed E-state index contributed by atoms with van der Waals surface area (Å²) in [6, 6.07) is 7.60. The maximum absolute atomic E-state index is 11.0. The zero-order valence-corrected chi connectivity index (χ0v) is 10.2. The van der Waals surface area contributed by atoms with Crippen LogP contribution in [0.15, 0.2) is 36.7 Å². The minimum absolute atomic E-state index is 0.240. The van der Waals surface area contributed by atoms with Gasteiger partial charge < -0.3 is 10.5 Å². The van der Waals surface area contributed by atoms with Gasteiger partial charge in [-0.1, -0.05) is 12.1 Å². The number of carbonyl (C=O) groups excluding carboxylic acids is 1. The van der Waals surface area contributed by atoms with E-state index in [1.807, 2.05) is 30.5 Å². The van der Waals surface area contributed by atoms with Gasteiger partial charge in [-0.25, -0.2) is 0 Å². The first kappa shape index (κ1) is 12.2. The summed E-state index contributed by atoms with van der Waals surface area (Å²) in [5.74, 6) is -0.240. The van der Waals surface area contributed by atoms with Crippen LogP contribution in [0.5, 0.6) is 0 Å².